The molecule has 2 bridgehead atoms. The molecule has 0 aliphatic carbocycles. The third-order valence-corrected chi connectivity index (χ3v) is 7.89. The Labute approximate surface area is 289 Å². The van der Waals surface area contributed by atoms with E-state index in [4.69, 9.17) is 42.4 Å². The number of ether oxygens (including phenoxy) is 8. The fourth-order valence-electron chi connectivity index (χ4n) is 5.52. The van der Waals surface area contributed by atoms with Gasteiger partial charge in [-0.15, -0.1) is 0 Å². The zero-order valence-electron chi connectivity index (χ0n) is 27.6. The summed E-state index contributed by atoms with van der Waals surface area (Å²) >= 11 is 0. The van der Waals surface area contributed by atoms with E-state index >= 15 is 0 Å². The number of fused-ring (bicyclic) bond motifs is 4. The van der Waals surface area contributed by atoms with E-state index in [1.54, 1.807) is 27.4 Å². The molecule has 0 amide bonds. The average Bonchev–Trinajstić information content (AvgIpc) is 3.59. The first-order valence-corrected chi connectivity index (χ1v) is 15.4. The Morgan fingerprint density at radius 3 is 1.92 bits per heavy atom. The minimum absolute atomic E-state index is 0.289. The first-order chi connectivity index (χ1) is 24.6. The van der Waals surface area contributed by atoms with Crippen LogP contribution in [-0.2, 0) is 43.6 Å². The maximum Gasteiger partial charge on any atom is 0.350 e. The molecule has 1 fully saturated rings. The number of esters is 5. The van der Waals surface area contributed by atoms with Crippen LogP contribution in [0.1, 0.15) is 27.4 Å². The molecule has 17 nitrogen and oxygen atoms in total. The van der Waals surface area contributed by atoms with Crippen LogP contribution in [0.4, 0.5) is 0 Å². The molecule has 2 aromatic carbocycles. The minimum Gasteiger partial charge on any atom is -0.493 e. The Morgan fingerprint density at radius 1 is 0.667 bits per heavy atom. The van der Waals surface area contributed by atoms with Gasteiger partial charge >= 0.3 is 29.8 Å². The molecule has 0 unspecified atom stereocenters. The van der Waals surface area contributed by atoms with Gasteiger partial charge < -0.3 is 42.4 Å². The summed E-state index contributed by atoms with van der Waals surface area (Å²) < 4.78 is 48.6. The maximum absolute atomic E-state index is 12.8. The molecule has 0 spiro atoms. The number of benzene rings is 2. The highest BCUT2D eigenvalue weighted by molar-refractivity contribution is 6.07. The van der Waals surface area contributed by atoms with Gasteiger partial charge in [0.2, 0.25) is 17.2 Å². The first kappa shape index (κ1) is 34.7. The van der Waals surface area contributed by atoms with Gasteiger partial charge in [-0.2, -0.15) is 0 Å². The third kappa shape index (κ3) is 7.84. The van der Waals surface area contributed by atoms with Crippen LogP contribution in [0, 0.1) is 0 Å². The van der Waals surface area contributed by atoms with Crippen molar-refractivity contribution in [2.75, 3.05) is 47.5 Å². The number of aromatic nitrogens is 1. The second-order valence-corrected chi connectivity index (χ2v) is 11.2. The number of nitrogens with zero attached hydrogens (tertiary/aromatic N) is 3. The van der Waals surface area contributed by atoms with Crippen LogP contribution < -0.4 is 33.2 Å². The molecule has 3 aliphatic heterocycles. The number of methoxy groups -OCH3 is 3. The lowest BCUT2D eigenvalue weighted by molar-refractivity contribution is -0.133. The van der Waals surface area contributed by atoms with Crippen molar-refractivity contribution in [1.82, 2.24) is 15.0 Å². The molecule has 1 aromatic heterocycles. The summed E-state index contributed by atoms with van der Waals surface area (Å²) in [5.74, 6) is -5.26. The lowest BCUT2D eigenvalue weighted by Gasteiger charge is -2.34. The molecule has 3 aromatic rings. The highest BCUT2D eigenvalue weighted by Crippen LogP contribution is 2.48. The van der Waals surface area contributed by atoms with Crippen molar-refractivity contribution in [3.8, 4) is 40.2 Å². The topological polar surface area (TPSA) is 192 Å². The first-order valence-electron chi connectivity index (χ1n) is 15.4. The number of cyclic esters (lactones) is 2. The van der Waals surface area contributed by atoms with E-state index in [2.05, 4.69) is 15.0 Å². The van der Waals surface area contributed by atoms with E-state index in [1.807, 2.05) is 12.1 Å². The number of rotatable bonds is 10. The fraction of sp³-hybridized carbons (Fsp3) is 0.294. The zero-order chi connectivity index (χ0) is 36.1. The van der Waals surface area contributed by atoms with Gasteiger partial charge in [0, 0.05) is 74.7 Å². The van der Waals surface area contributed by atoms with Crippen molar-refractivity contribution in [3.63, 3.8) is 0 Å². The molecule has 0 radical (unpaired) electrons. The van der Waals surface area contributed by atoms with Crippen molar-refractivity contribution in [3.05, 3.63) is 71.2 Å². The van der Waals surface area contributed by atoms with Gasteiger partial charge in [-0.3, -0.25) is 9.80 Å². The van der Waals surface area contributed by atoms with Crippen LogP contribution >= 0.6 is 0 Å². The molecule has 6 rings (SSSR count). The Balaban J connectivity index is 1.14. The van der Waals surface area contributed by atoms with E-state index in [-0.39, 0.29) is 12.4 Å². The Kier molecular flexibility index (Phi) is 10.3. The monoisotopic (exact) mass is 705 g/mol. The van der Waals surface area contributed by atoms with E-state index in [0.29, 0.717) is 47.9 Å². The summed E-state index contributed by atoms with van der Waals surface area (Å²) in [5, 5.41) is 4.06. The van der Waals surface area contributed by atoms with Gasteiger partial charge in [-0.05, 0) is 6.07 Å². The number of hydrogen-bond donors (Lipinski definition) is 0. The maximum atomic E-state index is 12.8. The lowest BCUT2D eigenvalue weighted by Crippen LogP contribution is -2.45. The highest BCUT2D eigenvalue weighted by atomic mass is 16.6. The second-order valence-electron chi connectivity index (χ2n) is 11.2. The van der Waals surface area contributed by atoms with Crippen molar-refractivity contribution >= 4 is 29.8 Å². The smallest absolute Gasteiger partial charge is 0.350 e. The Morgan fingerprint density at radius 2 is 1.27 bits per heavy atom. The third-order valence-electron chi connectivity index (χ3n) is 7.89. The Hall–Kier alpha value is -6.20. The van der Waals surface area contributed by atoms with Crippen LogP contribution in [0.3, 0.4) is 0 Å². The molecule has 3 aliphatic rings. The van der Waals surface area contributed by atoms with Crippen LogP contribution in [0.2, 0.25) is 0 Å². The molecule has 266 valence electrons. The summed E-state index contributed by atoms with van der Waals surface area (Å²) in [5.41, 5.74) is 0.745. The molecule has 17 heteroatoms. The van der Waals surface area contributed by atoms with Gasteiger partial charge in [0.1, 0.15) is 17.9 Å². The van der Waals surface area contributed by atoms with Crippen LogP contribution in [0.25, 0.3) is 0 Å². The summed E-state index contributed by atoms with van der Waals surface area (Å²) in [6.07, 6.45) is 2.96. The molecule has 1 saturated heterocycles. The average molecular weight is 706 g/mol. The molecule has 0 saturated carbocycles. The largest absolute Gasteiger partial charge is 0.493 e. The predicted molar refractivity (Wildman–Crippen MR) is 170 cm³/mol. The summed E-state index contributed by atoms with van der Waals surface area (Å²) in [4.78, 5) is 66.5. The number of piperazine rings is 1. The number of carbonyl (C=O) groups excluding carboxylic acids is 5. The van der Waals surface area contributed by atoms with Gasteiger partial charge in [-0.1, -0.05) is 11.2 Å². The molecule has 0 atom stereocenters. The van der Waals surface area contributed by atoms with Crippen LogP contribution in [-0.4, -0.2) is 92.3 Å². The molecular formula is C34H31N3O14. The summed E-state index contributed by atoms with van der Waals surface area (Å²) in [6.45, 7) is 3.88. The zero-order valence-corrected chi connectivity index (χ0v) is 27.6. The van der Waals surface area contributed by atoms with E-state index in [1.165, 1.54) is 0 Å². The van der Waals surface area contributed by atoms with E-state index < -0.39 is 52.7 Å². The predicted octanol–water partition coefficient (Wildman–Crippen LogP) is 2.14. The van der Waals surface area contributed by atoms with Gasteiger partial charge in [0.15, 0.2) is 28.8 Å². The van der Waals surface area contributed by atoms with Gasteiger partial charge in [0.05, 0.1) is 27.9 Å². The molecular weight excluding hydrogens is 674 g/mol. The van der Waals surface area contributed by atoms with Crippen molar-refractivity contribution in [2.24, 2.45) is 0 Å². The number of hydrogen-bond acceptors (Lipinski definition) is 17. The quantitative estimate of drug-likeness (QED) is 0.169. The summed E-state index contributed by atoms with van der Waals surface area (Å²) in [6, 6.07) is 6.45. The van der Waals surface area contributed by atoms with Crippen molar-refractivity contribution in [2.45, 2.75) is 19.7 Å². The standard InChI is InChI=1S/C34H31N3O14/c1-43-23-5-4-19(29(44-2)31(23)45-3)16-36-10-12-37(13-11-36)17-21-14-20(35-51-21)18-46-32-24-15-22-30(33(32)49-27(40)7-6-25(38)47-24)48-26(39)8-9-28(41)50-34(22)42/h4-9,14-15H,10-13,16-18H2,1-3H3/b7-6-,9-8-. The van der Waals surface area contributed by atoms with Crippen molar-refractivity contribution < 1.29 is 66.4 Å². The highest BCUT2D eigenvalue weighted by Gasteiger charge is 2.33. The van der Waals surface area contributed by atoms with Crippen LogP contribution in [0.15, 0.2) is 53.1 Å². The van der Waals surface area contributed by atoms with E-state index in [9.17, 15) is 24.0 Å². The summed E-state index contributed by atoms with van der Waals surface area (Å²) in [7, 11) is 4.74. The minimum atomic E-state index is -1.27. The SMILES string of the molecule is COc1ccc(CN2CCN(Cc3cc(COc4c5cc6c(c4OC(=O)/C=C\C(=O)O5)OC(=O)/C=C\C(=O)OC6=O)no3)CC2)c(OC)c1OC. The van der Waals surface area contributed by atoms with Crippen molar-refractivity contribution in [1.29, 1.82) is 0 Å². The molecule has 4 heterocycles. The van der Waals surface area contributed by atoms with E-state index in [0.717, 1.165) is 56.0 Å². The van der Waals surface area contributed by atoms with Gasteiger partial charge in [0.25, 0.3) is 0 Å². The lowest BCUT2D eigenvalue weighted by atomic mass is 10.1. The number of carbonyl (C=O) groups is 5. The fourth-order valence-corrected chi connectivity index (χ4v) is 5.52. The molecule has 51 heavy (non-hydrogen) atoms. The normalized spacial score (nSPS) is 17.8. The second kappa shape index (κ2) is 15.1. The molecule has 0 N–H and O–H groups in total. The van der Waals surface area contributed by atoms with Crippen LogP contribution in [0.5, 0.6) is 40.2 Å². The Bertz CT molecular complexity index is 1940. The van der Waals surface area contributed by atoms with Gasteiger partial charge in [-0.25, -0.2) is 24.0 Å².